The molecule has 2 N–H and O–H groups in total. The number of amides is 1. The maximum Gasteiger partial charge on any atom is 0.246 e. The van der Waals surface area contributed by atoms with Crippen LogP contribution in [0.5, 0.6) is 0 Å². The molecule has 0 spiro atoms. The summed E-state index contributed by atoms with van der Waals surface area (Å²) >= 11 is 0. The highest BCUT2D eigenvalue weighted by molar-refractivity contribution is 5.93. The number of hydrogen-bond acceptors (Lipinski definition) is 2. The number of carbonyl (C=O) groups excluding carboxylic acids is 1. The number of nitrogens with one attached hydrogen (secondary N) is 2. The first-order chi connectivity index (χ1) is 6.61. The van der Waals surface area contributed by atoms with Crippen molar-refractivity contribution in [1.82, 2.24) is 10.6 Å². The molecule has 15 heavy (non-hydrogen) atoms. The topological polar surface area (TPSA) is 41.1 Å². The van der Waals surface area contributed by atoms with E-state index < -0.39 is 0 Å². The molecule has 4 heteroatoms. The van der Waals surface area contributed by atoms with E-state index in [4.69, 9.17) is 0 Å². The second kappa shape index (κ2) is 6.85. The fourth-order valence-electron chi connectivity index (χ4n) is 1.49. The van der Waals surface area contributed by atoms with Crippen molar-refractivity contribution in [2.45, 2.75) is 27.2 Å². The van der Waals surface area contributed by atoms with Gasteiger partial charge in [0.15, 0.2) is 0 Å². The second-order valence-electron chi connectivity index (χ2n) is 4.19. The Bertz CT molecular complexity index is 241. The molecule has 1 saturated heterocycles. The third-order valence-electron chi connectivity index (χ3n) is 2.80. The standard InChI is InChI=1S/C11H20N2O.ClH/c1-8(2)9(3)11(14)13-7-10-4-5-12-6-10;/h10,12H,4-7H2,1-3H3,(H,13,14);1H. The van der Waals surface area contributed by atoms with Gasteiger partial charge in [-0.1, -0.05) is 5.57 Å². The average molecular weight is 233 g/mol. The van der Waals surface area contributed by atoms with E-state index in [1.54, 1.807) is 0 Å². The van der Waals surface area contributed by atoms with Gasteiger partial charge in [0.1, 0.15) is 0 Å². The molecule has 1 aliphatic heterocycles. The zero-order valence-corrected chi connectivity index (χ0v) is 10.5. The lowest BCUT2D eigenvalue weighted by molar-refractivity contribution is -0.117. The summed E-state index contributed by atoms with van der Waals surface area (Å²) in [5.41, 5.74) is 1.93. The molecule has 1 unspecified atom stereocenters. The van der Waals surface area contributed by atoms with Crippen LogP contribution in [0.2, 0.25) is 0 Å². The minimum Gasteiger partial charge on any atom is -0.352 e. The normalized spacial score (nSPS) is 19.3. The van der Waals surface area contributed by atoms with Crippen LogP contribution in [0.25, 0.3) is 0 Å². The van der Waals surface area contributed by atoms with Crippen molar-refractivity contribution in [3.8, 4) is 0 Å². The van der Waals surface area contributed by atoms with E-state index in [2.05, 4.69) is 10.6 Å². The number of allylic oxidation sites excluding steroid dienone is 1. The Hall–Kier alpha value is -0.540. The fourth-order valence-corrected chi connectivity index (χ4v) is 1.49. The zero-order chi connectivity index (χ0) is 10.6. The van der Waals surface area contributed by atoms with Crippen LogP contribution in [-0.2, 0) is 4.79 Å². The van der Waals surface area contributed by atoms with Crippen LogP contribution in [0.3, 0.4) is 0 Å². The minimum absolute atomic E-state index is 0. The first-order valence-electron chi connectivity index (χ1n) is 5.24. The van der Waals surface area contributed by atoms with Crippen molar-refractivity contribution in [2.24, 2.45) is 5.92 Å². The molecule has 0 radical (unpaired) electrons. The third-order valence-corrected chi connectivity index (χ3v) is 2.80. The zero-order valence-electron chi connectivity index (χ0n) is 9.72. The lowest BCUT2D eigenvalue weighted by Gasteiger charge is -2.10. The number of halogens is 1. The summed E-state index contributed by atoms with van der Waals surface area (Å²) in [6.45, 7) is 8.72. The summed E-state index contributed by atoms with van der Waals surface area (Å²) in [6.07, 6.45) is 1.17. The Morgan fingerprint density at radius 1 is 1.40 bits per heavy atom. The highest BCUT2D eigenvalue weighted by Crippen LogP contribution is 2.06. The van der Waals surface area contributed by atoms with Gasteiger partial charge in [-0.3, -0.25) is 4.79 Å². The molecule has 0 bridgehead atoms. The summed E-state index contributed by atoms with van der Waals surface area (Å²) in [5, 5.41) is 6.25. The molecule has 88 valence electrons. The Kier molecular flexibility index (Phi) is 6.61. The monoisotopic (exact) mass is 232 g/mol. The number of hydrogen-bond donors (Lipinski definition) is 2. The van der Waals surface area contributed by atoms with E-state index >= 15 is 0 Å². The van der Waals surface area contributed by atoms with Crippen LogP contribution < -0.4 is 10.6 Å². The maximum atomic E-state index is 11.6. The highest BCUT2D eigenvalue weighted by Gasteiger charge is 2.15. The molecule has 1 atom stereocenters. The lowest BCUT2D eigenvalue weighted by atomic mass is 10.1. The van der Waals surface area contributed by atoms with Crippen LogP contribution in [0, 0.1) is 5.92 Å². The second-order valence-corrected chi connectivity index (χ2v) is 4.19. The van der Waals surface area contributed by atoms with Crippen LogP contribution in [0.4, 0.5) is 0 Å². The van der Waals surface area contributed by atoms with Gasteiger partial charge in [-0.15, -0.1) is 12.4 Å². The Morgan fingerprint density at radius 3 is 2.53 bits per heavy atom. The predicted molar refractivity (Wildman–Crippen MR) is 65.3 cm³/mol. The maximum absolute atomic E-state index is 11.6. The number of carbonyl (C=O) groups is 1. The molecular formula is C11H21ClN2O. The molecule has 0 aliphatic carbocycles. The smallest absolute Gasteiger partial charge is 0.246 e. The van der Waals surface area contributed by atoms with Gasteiger partial charge in [-0.05, 0) is 46.2 Å². The molecule has 1 aliphatic rings. The van der Waals surface area contributed by atoms with E-state index in [0.29, 0.717) is 5.92 Å². The fraction of sp³-hybridized carbons (Fsp3) is 0.727. The van der Waals surface area contributed by atoms with Crippen molar-refractivity contribution in [2.75, 3.05) is 19.6 Å². The van der Waals surface area contributed by atoms with Gasteiger partial charge in [0.25, 0.3) is 0 Å². The van der Waals surface area contributed by atoms with Crippen LogP contribution >= 0.6 is 12.4 Å². The summed E-state index contributed by atoms with van der Waals surface area (Å²) in [7, 11) is 0. The summed E-state index contributed by atoms with van der Waals surface area (Å²) < 4.78 is 0. The van der Waals surface area contributed by atoms with Gasteiger partial charge in [-0.2, -0.15) is 0 Å². The summed E-state index contributed by atoms with van der Waals surface area (Å²) in [6, 6.07) is 0. The SMILES string of the molecule is CC(C)=C(C)C(=O)NCC1CCNC1.Cl. The summed E-state index contributed by atoms with van der Waals surface area (Å²) in [4.78, 5) is 11.6. The molecule has 1 fully saturated rings. The molecule has 0 saturated carbocycles. The molecule has 1 rings (SSSR count). The van der Waals surface area contributed by atoms with E-state index in [1.807, 2.05) is 20.8 Å². The van der Waals surface area contributed by atoms with Gasteiger partial charge in [0.05, 0.1) is 0 Å². The predicted octanol–water partition coefficient (Wildman–Crippen LogP) is 1.49. The largest absolute Gasteiger partial charge is 0.352 e. The Balaban J connectivity index is 0.00000196. The van der Waals surface area contributed by atoms with Crippen LogP contribution in [-0.4, -0.2) is 25.5 Å². The van der Waals surface area contributed by atoms with Gasteiger partial charge < -0.3 is 10.6 Å². The number of rotatable bonds is 3. The van der Waals surface area contributed by atoms with E-state index in [1.165, 1.54) is 6.42 Å². The van der Waals surface area contributed by atoms with Gasteiger partial charge in [0, 0.05) is 12.1 Å². The molecule has 1 heterocycles. The van der Waals surface area contributed by atoms with Gasteiger partial charge in [-0.25, -0.2) is 0 Å². The van der Waals surface area contributed by atoms with Crippen molar-refractivity contribution in [3.05, 3.63) is 11.1 Å². The lowest BCUT2D eigenvalue weighted by Crippen LogP contribution is -2.31. The minimum atomic E-state index is 0. The Labute approximate surface area is 98.1 Å². The molecule has 0 aromatic rings. The first kappa shape index (κ1) is 14.5. The molecule has 3 nitrogen and oxygen atoms in total. The Morgan fingerprint density at radius 2 is 2.07 bits per heavy atom. The molecular weight excluding hydrogens is 212 g/mol. The van der Waals surface area contributed by atoms with E-state index in [9.17, 15) is 4.79 Å². The summed E-state index contributed by atoms with van der Waals surface area (Å²) in [5.74, 6) is 0.695. The van der Waals surface area contributed by atoms with Crippen molar-refractivity contribution < 1.29 is 4.79 Å². The highest BCUT2D eigenvalue weighted by atomic mass is 35.5. The van der Waals surface area contributed by atoms with Crippen molar-refractivity contribution in [3.63, 3.8) is 0 Å². The average Bonchev–Trinajstić information content (AvgIpc) is 2.65. The molecule has 1 amide bonds. The van der Waals surface area contributed by atoms with Gasteiger partial charge >= 0.3 is 0 Å². The van der Waals surface area contributed by atoms with Crippen molar-refractivity contribution in [1.29, 1.82) is 0 Å². The van der Waals surface area contributed by atoms with Crippen LogP contribution in [0.1, 0.15) is 27.2 Å². The molecule has 0 aromatic heterocycles. The van der Waals surface area contributed by atoms with Gasteiger partial charge in [0.2, 0.25) is 5.91 Å². The third kappa shape index (κ3) is 4.67. The van der Waals surface area contributed by atoms with E-state index in [0.717, 1.165) is 30.8 Å². The molecule has 0 aromatic carbocycles. The first-order valence-corrected chi connectivity index (χ1v) is 5.24. The van der Waals surface area contributed by atoms with Crippen molar-refractivity contribution >= 4 is 18.3 Å². The van der Waals surface area contributed by atoms with Crippen LogP contribution in [0.15, 0.2) is 11.1 Å². The van der Waals surface area contributed by atoms with E-state index in [-0.39, 0.29) is 18.3 Å². The quantitative estimate of drug-likeness (QED) is 0.724.